The second-order valence-electron chi connectivity index (χ2n) is 5.48. The summed E-state index contributed by atoms with van der Waals surface area (Å²) in [7, 11) is 0. The summed E-state index contributed by atoms with van der Waals surface area (Å²) in [5.41, 5.74) is 2.08. The smallest absolute Gasteiger partial charge is 0.313 e. The van der Waals surface area contributed by atoms with E-state index in [2.05, 4.69) is 4.98 Å². The Morgan fingerprint density at radius 1 is 1.35 bits per heavy atom. The predicted molar refractivity (Wildman–Crippen MR) is 105 cm³/mol. The Labute approximate surface area is 157 Å². The van der Waals surface area contributed by atoms with Crippen LogP contribution in [0.3, 0.4) is 0 Å². The van der Waals surface area contributed by atoms with Crippen molar-refractivity contribution in [3.05, 3.63) is 68.7 Å². The van der Waals surface area contributed by atoms with Crippen molar-refractivity contribution in [1.29, 1.82) is 0 Å². The molecule has 0 fully saturated rings. The molecule has 0 amide bonds. The first kappa shape index (κ1) is 18.1. The fourth-order valence-electron chi connectivity index (χ4n) is 2.35. The van der Waals surface area contributed by atoms with Crippen LogP contribution in [0.25, 0.3) is 21.2 Å². The Bertz CT molecular complexity index is 994. The van der Waals surface area contributed by atoms with Gasteiger partial charge in [0, 0.05) is 16.5 Å². The molecule has 132 valence electrons. The largest absolute Gasteiger partial charge is 0.481 e. The number of rotatable bonds is 6. The Morgan fingerprint density at radius 2 is 2.12 bits per heavy atom. The van der Waals surface area contributed by atoms with Crippen LogP contribution in [-0.4, -0.2) is 26.7 Å². The summed E-state index contributed by atoms with van der Waals surface area (Å²) >= 11 is 2.61. The summed E-state index contributed by atoms with van der Waals surface area (Å²) in [5, 5.41) is 20.9. The standard InChI is InChI=1S/C18H14N2O4S2/c1-11-6-7-12(8-14(11)20(23)24)9-16(25-10-17(21)22)18-19-13-4-2-3-5-15(13)26-18/h2-9H,10H2,1H3,(H,21,22)/b16-9+. The number of aromatic nitrogens is 1. The highest BCUT2D eigenvalue weighted by Crippen LogP contribution is 2.35. The van der Waals surface area contributed by atoms with Gasteiger partial charge in [-0.25, -0.2) is 4.98 Å². The Balaban J connectivity index is 2.05. The highest BCUT2D eigenvalue weighted by molar-refractivity contribution is 8.09. The quantitative estimate of drug-likeness (QED) is 0.482. The molecule has 0 atom stereocenters. The number of para-hydroxylation sites is 1. The van der Waals surface area contributed by atoms with Gasteiger partial charge >= 0.3 is 5.97 Å². The molecular weight excluding hydrogens is 372 g/mol. The summed E-state index contributed by atoms with van der Waals surface area (Å²) in [5.74, 6) is -1.05. The third-order valence-electron chi connectivity index (χ3n) is 3.58. The number of carboxylic acid groups (broad SMARTS) is 1. The van der Waals surface area contributed by atoms with Gasteiger partial charge in [0.2, 0.25) is 0 Å². The molecule has 0 aliphatic heterocycles. The zero-order chi connectivity index (χ0) is 18.7. The Kier molecular flexibility index (Phi) is 5.34. The molecule has 6 nitrogen and oxygen atoms in total. The minimum absolute atomic E-state index is 0.0330. The van der Waals surface area contributed by atoms with Gasteiger partial charge in [-0.1, -0.05) is 24.3 Å². The average Bonchev–Trinajstić information content (AvgIpc) is 3.03. The molecule has 3 rings (SSSR count). The molecule has 0 saturated carbocycles. The van der Waals surface area contributed by atoms with E-state index < -0.39 is 10.9 Å². The van der Waals surface area contributed by atoms with Gasteiger partial charge in [-0.3, -0.25) is 14.9 Å². The van der Waals surface area contributed by atoms with Gasteiger partial charge in [-0.05, 0) is 30.7 Å². The molecule has 1 heterocycles. The van der Waals surface area contributed by atoms with Crippen LogP contribution in [0.2, 0.25) is 0 Å². The number of hydrogen-bond donors (Lipinski definition) is 1. The maximum Gasteiger partial charge on any atom is 0.313 e. The zero-order valence-corrected chi connectivity index (χ0v) is 15.3. The summed E-state index contributed by atoms with van der Waals surface area (Å²) in [6, 6.07) is 12.6. The van der Waals surface area contributed by atoms with Crippen molar-refractivity contribution in [3.8, 4) is 0 Å². The molecule has 0 aliphatic rings. The minimum atomic E-state index is -0.933. The van der Waals surface area contributed by atoms with Crippen molar-refractivity contribution in [1.82, 2.24) is 4.98 Å². The molecule has 0 spiro atoms. The monoisotopic (exact) mass is 386 g/mol. The van der Waals surface area contributed by atoms with Gasteiger partial charge in [0.1, 0.15) is 5.01 Å². The zero-order valence-electron chi connectivity index (χ0n) is 13.7. The van der Waals surface area contributed by atoms with Crippen LogP contribution in [-0.2, 0) is 4.79 Å². The highest BCUT2D eigenvalue weighted by Gasteiger charge is 2.14. The number of aryl methyl sites for hydroxylation is 1. The maximum atomic E-state index is 11.2. The van der Waals surface area contributed by atoms with Crippen LogP contribution >= 0.6 is 23.1 Å². The van der Waals surface area contributed by atoms with Crippen molar-refractivity contribution in [2.45, 2.75) is 6.92 Å². The van der Waals surface area contributed by atoms with E-state index in [4.69, 9.17) is 5.11 Å². The van der Waals surface area contributed by atoms with Crippen LogP contribution < -0.4 is 0 Å². The number of thioether (sulfide) groups is 1. The molecular formula is C18H14N2O4S2. The third kappa shape index (κ3) is 4.09. The summed E-state index contributed by atoms with van der Waals surface area (Å²) < 4.78 is 0.999. The molecule has 0 aliphatic carbocycles. The van der Waals surface area contributed by atoms with Gasteiger partial charge in [-0.2, -0.15) is 0 Å². The summed E-state index contributed by atoms with van der Waals surface area (Å²) in [4.78, 5) is 27.0. The molecule has 1 N–H and O–H groups in total. The van der Waals surface area contributed by atoms with Gasteiger partial charge in [0.25, 0.3) is 5.69 Å². The van der Waals surface area contributed by atoms with Crippen molar-refractivity contribution in [2.24, 2.45) is 0 Å². The fourth-order valence-corrected chi connectivity index (χ4v) is 4.19. The van der Waals surface area contributed by atoms with Crippen molar-refractivity contribution >= 4 is 56.0 Å². The third-order valence-corrected chi connectivity index (χ3v) is 5.80. The maximum absolute atomic E-state index is 11.2. The van der Waals surface area contributed by atoms with Crippen LogP contribution in [0.15, 0.2) is 42.5 Å². The first-order chi connectivity index (χ1) is 12.4. The minimum Gasteiger partial charge on any atom is -0.481 e. The van der Waals surface area contributed by atoms with Gasteiger partial charge in [-0.15, -0.1) is 23.1 Å². The predicted octanol–water partition coefficient (Wildman–Crippen LogP) is 4.83. The lowest BCUT2D eigenvalue weighted by Gasteiger charge is -2.04. The first-order valence-electron chi connectivity index (χ1n) is 7.61. The van der Waals surface area contributed by atoms with Crippen LogP contribution in [0.1, 0.15) is 16.1 Å². The lowest BCUT2D eigenvalue weighted by atomic mass is 10.1. The molecule has 3 aromatic rings. The SMILES string of the molecule is Cc1ccc(/C=C(/SCC(=O)O)c2nc3ccccc3s2)cc1[N+](=O)[O-]. The van der Waals surface area contributed by atoms with Crippen molar-refractivity contribution in [2.75, 3.05) is 5.75 Å². The van der Waals surface area contributed by atoms with E-state index in [1.807, 2.05) is 24.3 Å². The van der Waals surface area contributed by atoms with Gasteiger partial charge < -0.3 is 5.11 Å². The van der Waals surface area contributed by atoms with Crippen LogP contribution in [0.5, 0.6) is 0 Å². The topological polar surface area (TPSA) is 93.3 Å². The van der Waals surface area contributed by atoms with Gasteiger partial charge in [0.15, 0.2) is 0 Å². The molecule has 26 heavy (non-hydrogen) atoms. The van der Waals surface area contributed by atoms with E-state index in [0.717, 1.165) is 22.0 Å². The molecule has 0 saturated heterocycles. The molecule has 8 heteroatoms. The van der Waals surface area contributed by atoms with E-state index in [-0.39, 0.29) is 11.4 Å². The van der Waals surface area contributed by atoms with E-state index >= 15 is 0 Å². The number of hydrogen-bond acceptors (Lipinski definition) is 6. The van der Waals surface area contributed by atoms with Crippen molar-refractivity contribution < 1.29 is 14.8 Å². The Morgan fingerprint density at radius 3 is 2.81 bits per heavy atom. The molecule has 0 radical (unpaired) electrons. The second-order valence-corrected chi connectivity index (χ2v) is 7.53. The van der Waals surface area contributed by atoms with Crippen LogP contribution in [0.4, 0.5) is 5.69 Å². The number of benzene rings is 2. The Hall–Kier alpha value is -2.71. The molecule has 0 unspecified atom stereocenters. The van der Waals surface area contributed by atoms with E-state index in [1.54, 1.807) is 25.1 Å². The lowest BCUT2D eigenvalue weighted by Crippen LogP contribution is -1.98. The first-order valence-corrected chi connectivity index (χ1v) is 9.41. The number of nitrogens with zero attached hydrogens (tertiary/aromatic N) is 2. The number of carboxylic acids is 1. The normalized spacial score (nSPS) is 11.7. The summed E-state index contributed by atoms with van der Waals surface area (Å²) in [6.07, 6.45) is 1.75. The van der Waals surface area contributed by atoms with E-state index in [0.29, 0.717) is 21.0 Å². The summed E-state index contributed by atoms with van der Waals surface area (Å²) in [6.45, 7) is 1.68. The van der Waals surface area contributed by atoms with Crippen molar-refractivity contribution in [3.63, 3.8) is 0 Å². The lowest BCUT2D eigenvalue weighted by molar-refractivity contribution is -0.385. The molecule has 2 aromatic carbocycles. The number of carbonyl (C=O) groups is 1. The highest BCUT2D eigenvalue weighted by atomic mass is 32.2. The van der Waals surface area contributed by atoms with Gasteiger partial charge in [0.05, 0.1) is 20.9 Å². The number of thiazole rings is 1. The second kappa shape index (κ2) is 7.67. The molecule has 0 bridgehead atoms. The number of nitro benzene ring substituents is 1. The van der Waals surface area contributed by atoms with E-state index in [9.17, 15) is 14.9 Å². The van der Waals surface area contributed by atoms with E-state index in [1.165, 1.54) is 17.4 Å². The number of aliphatic carboxylic acids is 1. The molecule has 1 aromatic heterocycles. The fraction of sp³-hybridized carbons (Fsp3) is 0.111. The average molecular weight is 386 g/mol. The van der Waals surface area contributed by atoms with Crippen LogP contribution in [0, 0.1) is 17.0 Å². The number of nitro groups is 1. The number of fused-ring (bicyclic) bond motifs is 1.